The van der Waals surface area contributed by atoms with Crippen LogP contribution in [0.3, 0.4) is 0 Å². The van der Waals surface area contributed by atoms with Crippen LogP contribution in [-0.4, -0.2) is 38.4 Å². The second kappa shape index (κ2) is 5.33. The highest BCUT2D eigenvalue weighted by Gasteiger charge is 2.30. The number of hydrogen-bond donors (Lipinski definition) is 0. The van der Waals surface area contributed by atoms with Gasteiger partial charge in [0.25, 0.3) is 0 Å². The molecule has 1 fully saturated rings. The van der Waals surface area contributed by atoms with Crippen molar-refractivity contribution in [3.05, 3.63) is 23.8 Å². The predicted molar refractivity (Wildman–Crippen MR) is 77.8 cm³/mol. The molecule has 2 atom stereocenters. The maximum Gasteiger partial charge on any atom is 0.203 e. The lowest BCUT2D eigenvalue weighted by atomic mass is 9.97. The summed E-state index contributed by atoms with van der Waals surface area (Å²) in [6.07, 6.45) is 4.12. The molecular formula is C15H18O5S. The molecule has 2 unspecified atom stereocenters. The second-order valence-electron chi connectivity index (χ2n) is 5.73. The van der Waals surface area contributed by atoms with Gasteiger partial charge in [-0.05, 0) is 31.4 Å². The minimum absolute atomic E-state index is 0.0219. The van der Waals surface area contributed by atoms with Crippen LogP contribution in [0.15, 0.2) is 18.2 Å². The van der Waals surface area contributed by atoms with Gasteiger partial charge in [-0.1, -0.05) is 0 Å². The third-order valence-corrected chi connectivity index (χ3v) is 5.74. The van der Waals surface area contributed by atoms with Gasteiger partial charge in [-0.15, -0.1) is 0 Å². The number of carbonyl (C=O) groups excluding carboxylic acids is 1. The van der Waals surface area contributed by atoms with Crippen molar-refractivity contribution in [2.45, 2.75) is 37.0 Å². The summed E-state index contributed by atoms with van der Waals surface area (Å²) < 4.78 is 34.5. The van der Waals surface area contributed by atoms with E-state index in [0.717, 1.165) is 12.8 Å². The Morgan fingerprint density at radius 2 is 2.10 bits per heavy atom. The first kappa shape index (κ1) is 14.4. The highest BCUT2D eigenvalue weighted by Crippen LogP contribution is 2.32. The Kier molecular flexibility index (Phi) is 3.65. The van der Waals surface area contributed by atoms with E-state index >= 15 is 0 Å². The number of ether oxygens (including phenoxy) is 2. The predicted octanol–water partition coefficient (Wildman–Crippen LogP) is 2.00. The fourth-order valence-electron chi connectivity index (χ4n) is 2.94. The molecule has 114 valence electrons. The standard InChI is InChI=1S/C15H18O5S/c1-21(17,18)12-4-2-3-10(7-12)20-11-5-6-13-14(16)9-19-15(13)8-11/h5-6,8,10,12H,2-4,7,9H2,1H3. The van der Waals surface area contributed by atoms with Crippen molar-refractivity contribution in [1.82, 2.24) is 0 Å². The van der Waals surface area contributed by atoms with Crippen molar-refractivity contribution in [2.24, 2.45) is 0 Å². The van der Waals surface area contributed by atoms with Gasteiger partial charge in [0.15, 0.2) is 6.61 Å². The Bertz CT molecular complexity index is 665. The first-order chi connectivity index (χ1) is 9.93. The lowest BCUT2D eigenvalue weighted by Gasteiger charge is -2.28. The Labute approximate surface area is 124 Å². The van der Waals surface area contributed by atoms with Gasteiger partial charge >= 0.3 is 0 Å². The van der Waals surface area contributed by atoms with E-state index in [2.05, 4.69) is 0 Å². The van der Waals surface area contributed by atoms with Crippen LogP contribution in [0.25, 0.3) is 0 Å². The van der Waals surface area contributed by atoms with Gasteiger partial charge in [0.1, 0.15) is 21.3 Å². The van der Waals surface area contributed by atoms with E-state index in [1.807, 2.05) is 0 Å². The number of ketones is 1. The molecule has 0 N–H and O–H groups in total. The molecule has 0 radical (unpaired) electrons. The summed E-state index contributed by atoms with van der Waals surface area (Å²) in [6, 6.07) is 5.16. The fraction of sp³-hybridized carbons (Fsp3) is 0.533. The van der Waals surface area contributed by atoms with E-state index in [4.69, 9.17) is 9.47 Å². The molecule has 1 saturated carbocycles. The summed E-state index contributed by atoms with van der Waals surface area (Å²) in [5.41, 5.74) is 0.583. The Morgan fingerprint density at radius 3 is 2.86 bits per heavy atom. The molecular weight excluding hydrogens is 292 g/mol. The topological polar surface area (TPSA) is 69.7 Å². The van der Waals surface area contributed by atoms with Crippen LogP contribution >= 0.6 is 0 Å². The van der Waals surface area contributed by atoms with Gasteiger partial charge in [-0.3, -0.25) is 4.79 Å². The van der Waals surface area contributed by atoms with E-state index in [-0.39, 0.29) is 23.7 Å². The summed E-state index contributed by atoms with van der Waals surface area (Å²) in [6.45, 7) is 0.0817. The SMILES string of the molecule is CS(=O)(=O)C1CCCC(Oc2ccc3c(c2)OCC3=O)C1. The zero-order chi connectivity index (χ0) is 15.0. The van der Waals surface area contributed by atoms with Crippen LogP contribution < -0.4 is 9.47 Å². The highest BCUT2D eigenvalue weighted by atomic mass is 32.2. The normalized spacial score (nSPS) is 25.3. The van der Waals surface area contributed by atoms with Crippen LogP contribution in [-0.2, 0) is 9.84 Å². The molecule has 3 rings (SSSR count). The average molecular weight is 310 g/mol. The van der Waals surface area contributed by atoms with Crippen LogP contribution in [0.2, 0.25) is 0 Å². The van der Waals surface area contributed by atoms with E-state index in [0.29, 0.717) is 29.9 Å². The molecule has 6 heteroatoms. The summed E-state index contributed by atoms with van der Waals surface area (Å²) in [5, 5.41) is -0.316. The molecule has 1 aromatic rings. The minimum Gasteiger partial charge on any atom is -0.490 e. The van der Waals surface area contributed by atoms with Crippen molar-refractivity contribution < 1.29 is 22.7 Å². The van der Waals surface area contributed by atoms with Crippen molar-refractivity contribution in [3.8, 4) is 11.5 Å². The summed E-state index contributed by atoms with van der Waals surface area (Å²) in [7, 11) is -3.02. The Morgan fingerprint density at radius 1 is 1.29 bits per heavy atom. The molecule has 1 aliphatic carbocycles. The lowest BCUT2D eigenvalue weighted by molar-refractivity contribution is 0.0961. The zero-order valence-corrected chi connectivity index (χ0v) is 12.7. The van der Waals surface area contributed by atoms with Crippen LogP contribution in [0, 0.1) is 0 Å². The molecule has 0 bridgehead atoms. The van der Waals surface area contributed by atoms with E-state index in [1.165, 1.54) is 6.26 Å². The molecule has 1 aliphatic heterocycles. The van der Waals surface area contributed by atoms with Gasteiger partial charge in [0.2, 0.25) is 5.78 Å². The smallest absolute Gasteiger partial charge is 0.203 e. The molecule has 0 spiro atoms. The van der Waals surface area contributed by atoms with Crippen LogP contribution in [0.5, 0.6) is 11.5 Å². The maximum atomic E-state index is 11.7. The van der Waals surface area contributed by atoms with Gasteiger partial charge in [0, 0.05) is 18.7 Å². The van der Waals surface area contributed by atoms with Gasteiger partial charge in [0.05, 0.1) is 16.9 Å². The Balaban J connectivity index is 1.71. The number of benzene rings is 1. The third-order valence-electron chi connectivity index (χ3n) is 4.10. The van der Waals surface area contributed by atoms with Gasteiger partial charge in [-0.2, -0.15) is 0 Å². The van der Waals surface area contributed by atoms with Crippen molar-refractivity contribution >= 4 is 15.6 Å². The van der Waals surface area contributed by atoms with E-state index in [9.17, 15) is 13.2 Å². The van der Waals surface area contributed by atoms with E-state index in [1.54, 1.807) is 18.2 Å². The quantitative estimate of drug-likeness (QED) is 0.854. The number of hydrogen-bond acceptors (Lipinski definition) is 5. The number of carbonyl (C=O) groups is 1. The molecule has 1 heterocycles. The zero-order valence-electron chi connectivity index (χ0n) is 11.9. The number of fused-ring (bicyclic) bond motifs is 1. The molecule has 0 aromatic heterocycles. The number of rotatable bonds is 3. The van der Waals surface area contributed by atoms with Crippen molar-refractivity contribution in [2.75, 3.05) is 12.9 Å². The molecule has 5 nitrogen and oxygen atoms in total. The molecule has 0 saturated heterocycles. The third kappa shape index (κ3) is 3.05. The first-order valence-electron chi connectivity index (χ1n) is 7.09. The monoisotopic (exact) mass is 310 g/mol. The molecule has 0 amide bonds. The Hall–Kier alpha value is -1.56. The van der Waals surface area contributed by atoms with Crippen molar-refractivity contribution in [3.63, 3.8) is 0 Å². The van der Waals surface area contributed by atoms with Gasteiger partial charge < -0.3 is 9.47 Å². The molecule has 1 aromatic carbocycles. The largest absolute Gasteiger partial charge is 0.490 e. The highest BCUT2D eigenvalue weighted by molar-refractivity contribution is 7.91. The molecule has 2 aliphatic rings. The number of Topliss-reactive ketones (excluding diaryl/α,β-unsaturated/α-hetero) is 1. The van der Waals surface area contributed by atoms with E-state index < -0.39 is 9.84 Å². The summed E-state index contributed by atoms with van der Waals surface area (Å²) >= 11 is 0. The van der Waals surface area contributed by atoms with Crippen LogP contribution in [0.1, 0.15) is 36.0 Å². The lowest BCUT2D eigenvalue weighted by Crippen LogP contribution is -2.33. The van der Waals surface area contributed by atoms with Gasteiger partial charge in [-0.25, -0.2) is 8.42 Å². The molecule has 21 heavy (non-hydrogen) atoms. The van der Waals surface area contributed by atoms with Crippen molar-refractivity contribution in [1.29, 1.82) is 0 Å². The average Bonchev–Trinajstić information content (AvgIpc) is 2.79. The summed E-state index contributed by atoms with van der Waals surface area (Å²) in [5.74, 6) is 1.15. The minimum atomic E-state index is -3.02. The second-order valence-corrected chi connectivity index (χ2v) is 8.05. The summed E-state index contributed by atoms with van der Waals surface area (Å²) in [4.78, 5) is 11.5. The maximum absolute atomic E-state index is 11.7. The fourth-order valence-corrected chi connectivity index (χ4v) is 4.10. The first-order valence-corrected chi connectivity index (χ1v) is 9.04. The van der Waals surface area contributed by atoms with Crippen LogP contribution in [0.4, 0.5) is 0 Å². The number of sulfone groups is 1.